The molecule has 0 spiro atoms. The van der Waals surface area contributed by atoms with E-state index in [0.717, 1.165) is 0 Å². The maximum atomic E-state index is 12.1. The molecule has 0 amide bonds. The van der Waals surface area contributed by atoms with E-state index in [2.05, 4.69) is 6.92 Å². The van der Waals surface area contributed by atoms with Gasteiger partial charge in [-0.2, -0.15) is 5.26 Å². The smallest absolute Gasteiger partial charge is 0.188 e. The van der Waals surface area contributed by atoms with E-state index in [9.17, 15) is 9.59 Å². The molecule has 1 aliphatic carbocycles. The van der Waals surface area contributed by atoms with E-state index < -0.39 is 17.5 Å². The third-order valence-corrected chi connectivity index (χ3v) is 4.04. The van der Waals surface area contributed by atoms with Gasteiger partial charge in [-0.05, 0) is 23.8 Å². The fourth-order valence-corrected chi connectivity index (χ4v) is 2.68. The lowest BCUT2D eigenvalue weighted by Gasteiger charge is -2.14. The molecule has 0 saturated heterocycles. The van der Waals surface area contributed by atoms with Gasteiger partial charge in [0, 0.05) is 17.0 Å². The summed E-state index contributed by atoms with van der Waals surface area (Å²) < 4.78 is 5.75. The molecule has 0 aromatic heterocycles. The molecule has 4 nitrogen and oxygen atoms in total. The van der Waals surface area contributed by atoms with Crippen LogP contribution < -0.4 is 4.74 Å². The first kappa shape index (κ1) is 15.0. The SMILES string of the molecule is CC(COc1ccc2c(c1)C(=O)C(C#N)C2=O)c1ccccc1. The molecule has 0 radical (unpaired) electrons. The van der Waals surface area contributed by atoms with Gasteiger partial charge in [0.05, 0.1) is 12.7 Å². The number of ether oxygens (including phenoxy) is 1. The average Bonchev–Trinajstić information content (AvgIpc) is 2.83. The summed E-state index contributed by atoms with van der Waals surface area (Å²) in [6.07, 6.45) is 0. The zero-order valence-electron chi connectivity index (χ0n) is 12.7. The Morgan fingerprint density at radius 1 is 1.09 bits per heavy atom. The Kier molecular flexibility index (Phi) is 3.94. The Morgan fingerprint density at radius 3 is 2.48 bits per heavy atom. The number of carbonyl (C=O) groups excluding carboxylic acids is 2. The van der Waals surface area contributed by atoms with E-state index in [0.29, 0.717) is 17.9 Å². The third kappa shape index (κ3) is 2.74. The van der Waals surface area contributed by atoms with Crippen LogP contribution in [0.3, 0.4) is 0 Å². The minimum Gasteiger partial charge on any atom is -0.493 e. The molecule has 4 heteroatoms. The van der Waals surface area contributed by atoms with Crippen molar-refractivity contribution in [2.45, 2.75) is 12.8 Å². The second kappa shape index (κ2) is 6.05. The van der Waals surface area contributed by atoms with Gasteiger partial charge >= 0.3 is 0 Å². The summed E-state index contributed by atoms with van der Waals surface area (Å²) in [4.78, 5) is 24.0. The number of rotatable bonds is 4. The Morgan fingerprint density at radius 2 is 1.78 bits per heavy atom. The molecular formula is C19H15NO3. The van der Waals surface area contributed by atoms with E-state index in [1.807, 2.05) is 30.3 Å². The lowest BCUT2D eigenvalue weighted by atomic mass is 10.0. The number of hydrogen-bond acceptors (Lipinski definition) is 4. The Bertz CT molecular complexity index is 805. The van der Waals surface area contributed by atoms with Gasteiger partial charge in [-0.3, -0.25) is 9.59 Å². The normalized spacial score (nSPS) is 17.5. The van der Waals surface area contributed by atoms with Gasteiger partial charge in [-0.1, -0.05) is 37.3 Å². The van der Waals surface area contributed by atoms with Gasteiger partial charge < -0.3 is 4.74 Å². The van der Waals surface area contributed by atoms with Crippen LogP contribution in [-0.4, -0.2) is 18.2 Å². The number of nitrogens with zero attached hydrogens (tertiary/aromatic N) is 1. The van der Waals surface area contributed by atoms with Crippen molar-refractivity contribution in [2.24, 2.45) is 5.92 Å². The first-order valence-electron chi connectivity index (χ1n) is 7.41. The third-order valence-electron chi connectivity index (χ3n) is 4.04. The van der Waals surface area contributed by atoms with Crippen molar-refractivity contribution in [2.75, 3.05) is 6.61 Å². The zero-order chi connectivity index (χ0) is 16.4. The molecule has 114 valence electrons. The zero-order valence-corrected chi connectivity index (χ0v) is 12.7. The van der Waals surface area contributed by atoms with Crippen molar-refractivity contribution >= 4 is 11.6 Å². The minimum atomic E-state index is -1.21. The molecule has 2 aromatic carbocycles. The number of benzene rings is 2. The summed E-state index contributed by atoms with van der Waals surface area (Å²) in [5, 5.41) is 8.93. The largest absolute Gasteiger partial charge is 0.493 e. The highest BCUT2D eigenvalue weighted by Crippen LogP contribution is 2.30. The number of Topliss-reactive ketones (excluding diaryl/α,β-unsaturated/α-hetero) is 2. The predicted octanol–water partition coefficient (Wildman–Crippen LogP) is 3.39. The highest BCUT2D eigenvalue weighted by molar-refractivity contribution is 6.28. The first-order chi connectivity index (χ1) is 11.1. The molecule has 0 bridgehead atoms. The van der Waals surface area contributed by atoms with Gasteiger partial charge in [0.1, 0.15) is 5.75 Å². The van der Waals surface area contributed by atoms with Crippen LogP contribution in [0.1, 0.15) is 39.1 Å². The van der Waals surface area contributed by atoms with Gasteiger partial charge in [-0.25, -0.2) is 0 Å². The van der Waals surface area contributed by atoms with E-state index in [4.69, 9.17) is 10.00 Å². The lowest BCUT2D eigenvalue weighted by Crippen LogP contribution is -2.11. The summed E-state index contributed by atoms with van der Waals surface area (Å²) >= 11 is 0. The number of carbonyl (C=O) groups is 2. The second-order valence-corrected chi connectivity index (χ2v) is 5.62. The van der Waals surface area contributed by atoms with Crippen molar-refractivity contribution < 1.29 is 14.3 Å². The summed E-state index contributed by atoms with van der Waals surface area (Å²) in [5.74, 6) is -1.32. The molecule has 0 aliphatic heterocycles. The molecule has 0 fully saturated rings. The predicted molar refractivity (Wildman–Crippen MR) is 84.6 cm³/mol. The van der Waals surface area contributed by atoms with E-state index in [1.165, 1.54) is 5.56 Å². The van der Waals surface area contributed by atoms with E-state index in [1.54, 1.807) is 24.3 Å². The topological polar surface area (TPSA) is 67.2 Å². The van der Waals surface area contributed by atoms with Gasteiger partial charge in [-0.15, -0.1) is 0 Å². The van der Waals surface area contributed by atoms with Crippen molar-refractivity contribution in [3.63, 3.8) is 0 Å². The van der Waals surface area contributed by atoms with Crippen LogP contribution in [0.2, 0.25) is 0 Å². The molecule has 1 aliphatic rings. The number of nitriles is 1. The van der Waals surface area contributed by atoms with Crippen LogP contribution in [0, 0.1) is 17.2 Å². The number of hydrogen-bond donors (Lipinski definition) is 0. The number of fused-ring (bicyclic) bond motifs is 1. The van der Waals surface area contributed by atoms with Crippen molar-refractivity contribution in [3.05, 3.63) is 65.2 Å². The van der Waals surface area contributed by atoms with Gasteiger partial charge in [0.2, 0.25) is 0 Å². The van der Waals surface area contributed by atoms with Gasteiger partial charge in [0.15, 0.2) is 17.5 Å². The fraction of sp³-hybridized carbons (Fsp3) is 0.211. The molecule has 2 unspecified atom stereocenters. The first-order valence-corrected chi connectivity index (χ1v) is 7.41. The Labute approximate surface area is 134 Å². The molecule has 2 aromatic rings. The van der Waals surface area contributed by atoms with Crippen LogP contribution >= 0.6 is 0 Å². The van der Waals surface area contributed by atoms with Crippen LogP contribution in [0.25, 0.3) is 0 Å². The number of ketones is 2. The maximum absolute atomic E-state index is 12.1. The monoisotopic (exact) mass is 305 g/mol. The molecule has 2 atom stereocenters. The Hall–Kier alpha value is -2.93. The van der Waals surface area contributed by atoms with Crippen LogP contribution in [0.4, 0.5) is 0 Å². The summed E-state index contributed by atoms with van der Waals surface area (Å²) in [6, 6.07) is 16.6. The second-order valence-electron chi connectivity index (χ2n) is 5.62. The van der Waals surface area contributed by atoms with Crippen molar-refractivity contribution in [1.82, 2.24) is 0 Å². The molecule has 0 saturated carbocycles. The summed E-state index contributed by atoms with van der Waals surface area (Å²) in [5.41, 5.74) is 1.76. The van der Waals surface area contributed by atoms with Crippen LogP contribution in [0.15, 0.2) is 48.5 Å². The summed E-state index contributed by atoms with van der Waals surface area (Å²) in [7, 11) is 0. The summed E-state index contributed by atoms with van der Waals surface area (Å²) in [6.45, 7) is 2.52. The van der Waals surface area contributed by atoms with E-state index >= 15 is 0 Å². The molecule has 3 rings (SSSR count). The highest BCUT2D eigenvalue weighted by Gasteiger charge is 2.38. The van der Waals surface area contributed by atoms with Crippen LogP contribution in [0.5, 0.6) is 5.75 Å². The fourth-order valence-electron chi connectivity index (χ4n) is 2.68. The van der Waals surface area contributed by atoms with Crippen LogP contribution in [-0.2, 0) is 0 Å². The standard InChI is InChI=1S/C19H15NO3/c1-12(13-5-3-2-4-6-13)11-23-14-7-8-15-16(9-14)19(22)17(10-20)18(15)21/h2-9,12,17H,11H2,1H3. The maximum Gasteiger partial charge on any atom is 0.188 e. The average molecular weight is 305 g/mol. The van der Waals surface area contributed by atoms with E-state index in [-0.39, 0.29) is 11.5 Å². The minimum absolute atomic E-state index is 0.202. The molecular weight excluding hydrogens is 290 g/mol. The Balaban J connectivity index is 1.75. The highest BCUT2D eigenvalue weighted by atomic mass is 16.5. The molecule has 0 heterocycles. The molecule has 0 N–H and O–H groups in total. The lowest BCUT2D eigenvalue weighted by molar-refractivity contribution is 0.0876. The molecule has 23 heavy (non-hydrogen) atoms. The van der Waals surface area contributed by atoms with Crippen molar-refractivity contribution in [1.29, 1.82) is 5.26 Å². The quantitative estimate of drug-likeness (QED) is 0.812. The van der Waals surface area contributed by atoms with Crippen molar-refractivity contribution in [3.8, 4) is 11.8 Å². The van der Waals surface area contributed by atoms with Gasteiger partial charge in [0.25, 0.3) is 0 Å².